The van der Waals surface area contributed by atoms with E-state index >= 15 is 0 Å². The van der Waals surface area contributed by atoms with Crippen molar-refractivity contribution in [1.82, 2.24) is 4.90 Å². The van der Waals surface area contributed by atoms with E-state index in [0.29, 0.717) is 18.0 Å². The highest BCUT2D eigenvalue weighted by atomic mass is 16.3. The van der Waals surface area contributed by atoms with Crippen LogP contribution in [-0.4, -0.2) is 23.8 Å². The minimum absolute atomic E-state index is 0.0327. The van der Waals surface area contributed by atoms with Gasteiger partial charge in [-0.25, -0.2) is 0 Å². The van der Waals surface area contributed by atoms with Crippen LogP contribution in [-0.2, 0) is 11.3 Å². The van der Waals surface area contributed by atoms with Crippen molar-refractivity contribution < 1.29 is 14.0 Å². The third-order valence-corrected chi connectivity index (χ3v) is 4.58. The van der Waals surface area contributed by atoms with Gasteiger partial charge in [0.25, 0.3) is 5.91 Å². The third-order valence-electron chi connectivity index (χ3n) is 4.58. The van der Waals surface area contributed by atoms with Crippen molar-refractivity contribution >= 4 is 28.5 Å². The van der Waals surface area contributed by atoms with Gasteiger partial charge in [-0.15, -0.1) is 0 Å². The summed E-state index contributed by atoms with van der Waals surface area (Å²) in [5.74, 6) is -0.0187. The molecule has 2 amide bonds. The largest absolute Gasteiger partial charge is 0.450 e. The van der Waals surface area contributed by atoms with Gasteiger partial charge in [0.05, 0.1) is 0 Å². The Morgan fingerprint density at radius 2 is 1.81 bits per heavy atom. The van der Waals surface area contributed by atoms with Crippen LogP contribution in [0.15, 0.2) is 46.9 Å². The maximum absolute atomic E-state index is 12.8. The number of amides is 2. The number of nitrogens with one attached hydrogen (secondary N) is 1. The first-order valence-electron chi connectivity index (χ1n) is 8.48. The molecule has 0 bridgehead atoms. The van der Waals surface area contributed by atoms with Crippen molar-refractivity contribution in [1.29, 1.82) is 0 Å². The number of anilines is 1. The molecule has 0 saturated carbocycles. The van der Waals surface area contributed by atoms with Gasteiger partial charge in [0.1, 0.15) is 5.58 Å². The fourth-order valence-electron chi connectivity index (χ4n) is 2.93. The number of carbonyl (C=O) groups is 2. The first kappa shape index (κ1) is 17.7. The highest BCUT2D eigenvalue weighted by Crippen LogP contribution is 2.28. The summed E-state index contributed by atoms with van der Waals surface area (Å²) >= 11 is 0. The minimum atomic E-state index is -0.295. The predicted octanol–water partition coefficient (Wildman–Crippen LogP) is 4.28. The van der Waals surface area contributed by atoms with Crippen LogP contribution in [0.5, 0.6) is 0 Å². The second-order valence-corrected chi connectivity index (χ2v) is 6.49. The Kier molecular flexibility index (Phi) is 4.80. The molecule has 0 fully saturated rings. The molecule has 0 saturated heterocycles. The number of fused-ring (bicyclic) bond motifs is 1. The van der Waals surface area contributed by atoms with Crippen molar-refractivity contribution in [3.8, 4) is 0 Å². The summed E-state index contributed by atoms with van der Waals surface area (Å²) in [7, 11) is 1.73. The number of carbonyl (C=O) groups excluding carboxylic acids is 2. The lowest BCUT2D eigenvalue weighted by Gasteiger charge is -2.17. The highest BCUT2D eigenvalue weighted by Gasteiger charge is 2.19. The van der Waals surface area contributed by atoms with E-state index in [4.69, 9.17) is 4.42 Å². The van der Waals surface area contributed by atoms with E-state index in [1.54, 1.807) is 11.9 Å². The monoisotopic (exact) mass is 350 g/mol. The predicted molar refractivity (Wildman–Crippen MR) is 102 cm³/mol. The van der Waals surface area contributed by atoms with E-state index in [1.165, 1.54) is 6.92 Å². The normalized spacial score (nSPS) is 10.8. The first-order valence-corrected chi connectivity index (χ1v) is 8.48. The average molecular weight is 350 g/mol. The molecule has 2 aromatic carbocycles. The molecular weight excluding hydrogens is 328 g/mol. The maximum atomic E-state index is 12.8. The van der Waals surface area contributed by atoms with Crippen LogP contribution in [0.1, 0.15) is 34.2 Å². The fraction of sp³-hybridized carbons (Fsp3) is 0.238. The standard InChI is InChI=1S/C21H22N2O3/c1-13-8-7-10-17-14(2)20(26-19(13)17)21(25)22-18-11-6-5-9-16(18)12-23(4)15(3)24/h5-11H,12H2,1-4H3,(H,22,25). The van der Waals surface area contributed by atoms with E-state index < -0.39 is 0 Å². The summed E-state index contributed by atoms with van der Waals surface area (Å²) in [4.78, 5) is 25.9. The third kappa shape index (κ3) is 3.33. The smallest absolute Gasteiger partial charge is 0.291 e. The van der Waals surface area contributed by atoms with Gasteiger partial charge in [-0.2, -0.15) is 0 Å². The van der Waals surface area contributed by atoms with Crippen LogP contribution in [0.4, 0.5) is 5.69 Å². The number of rotatable bonds is 4. The molecule has 1 aromatic heterocycles. The van der Waals surface area contributed by atoms with Crippen molar-refractivity contribution in [3.05, 3.63) is 64.9 Å². The van der Waals surface area contributed by atoms with Gasteiger partial charge < -0.3 is 14.6 Å². The number of hydrogen-bond acceptors (Lipinski definition) is 3. The highest BCUT2D eigenvalue weighted by molar-refractivity contribution is 6.07. The molecule has 5 nitrogen and oxygen atoms in total. The summed E-state index contributed by atoms with van der Waals surface area (Å²) in [5.41, 5.74) is 4.08. The van der Waals surface area contributed by atoms with Crippen LogP contribution in [0.2, 0.25) is 0 Å². The Hall–Kier alpha value is -3.08. The van der Waals surface area contributed by atoms with E-state index in [-0.39, 0.29) is 11.8 Å². The van der Waals surface area contributed by atoms with Crippen LogP contribution in [0, 0.1) is 13.8 Å². The Morgan fingerprint density at radius 3 is 2.50 bits per heavy atom. The molecule has 1 N–H and O–H groups in total. The second kappa shape index (κ2) is 7.04. The van der Waals surface area contributed by atoms with Crippen LogP contribution < -0.4 is 5.32 Å². The molecular formula is C21H22N2O3. The lowest BCUT2D eigenvalue weighted by atomic mass is 10.1. The van der Waals surface area contributed by atoms with E-state index in [9.17, 15) is 9.59 Å². The summed E-state index contributed by atoms with van der Waals surface area (Å²) in [6.07, 6.45) is 0. The molecule has 134 valence electrons. The van der Waals surface area contributed by atoms with Gasteiger partial charge >= 0.3 is 0 Å². The molecule has 3 rings (SSSR count). The zero-order valence-electron chi connectivity index (χ0n) is 15.4. The number of para-hydroxylation sites is 2. The molecule has 1 heterocycles. The molecule has 0 atom stereocenters. The number of aryl methyl sites for hydroxylation is 2. The zero-order chi connectivity index (χ0) is 18.8. The van der Waals surface area contributed by atoms with E-state index in [0.717, 1.165) is 27.7 Å². The lowest BCUT2D eigenvalue weighted by molar-refractivity contribution is -0.128. The van der Waals surface area contributed by atoms with Crippen LogP contribution >= 0.6 is 0 Å². The Balaban J connectivity index is 1.91. The number of benzene rings is 2. The number of nitrogens with zero attached hydrogens (tertiary/aromatic N) is 1. The number of hydrogen-bond donors (Lipinski definition) is 1. The molecule has 0 aliphatic rings. The number of furan rings is 1. The van der Waals surface area contributed by atoms with Gasteiger partial charge in [-0.1, -0.05) is 36.4 Å². The summed E-state index contributed by atoms with van der Waals surface area (Å²) in [5, 5.41) is 3.87. The van der Waals surface area contributed by atoms with Gasteiger partial charge in [0, 0.05) is 37.2 Å². The quantitative estimate of drug-likeness (QED) is 0.764. The van der Waals surface area contributed by atoms with E-state index in [1.807, 2.05) is 56.3 Å². The topological polar surface area (TPSA) is 62.6 Å². The van der Waals surface area contributed by atoms with Gasteiger partial charge in [-0.3, -0.25) is 9.59 Å². The molecule has 0 unspecified atom stereocenters. The van der Waals surface area contributed by atoms with Crippen molar-refractivity contribution in [2.45, 2.75) is 27.3 Å². The average Bonchev–Trinajstić information content (AvgIpc) is 2.95. The Bertz CT molecular complexity index is 988. The molecule has 26 heavy (non-hydrogen) atoms. The van der Waals surface area contributed by atoms with Gasteiger partial charge in [-0.05, 0) is 31.0 Å². The zero-order valence-corrected chi connectivity index (χ0v) is 15.4. The van der Waals surface area contributed by atoms with Gasteiger partial charge in [0.2, 0.25) is 5.91 Å². The van der Waals surface area contributed by atoms with E-state index in [2.05, 4.69) is 5.32 Å². The Labute approximate surface area is 152 Å². The van der Waals surface area contributed by atoms with Gasteiger partial charge in [0.15, 0.2) is 5.76 Å². The molecule has 0 spiro atoms. The Morgan fingerprint density at radius 1 is 1.08 bits per heavy atom. The van der Waals surface area contributed by atoms with Crippen molar-refractivity contribution in [2.75, 3.05) is 12.4 Å². The summed E-state index contributed by atoms with van der Waals surface area (Å²) in [6, 6.07) is 13.3. The van der Waals surface area contributed by atoms with Crippen LogP contribution in [0.3, 0.4) is 0 Å². The minimum Gasteiger partial charge on any atom is -0.450 e. The summed E-state index contributed by atoms with van der Waals surface area (Å²) < 4.78 is 5.85. The molecule has 5 heteroatoms. The lowest BCUT2D eigenvalue weighted by Crippen LogP contribution is -2.24. The SMILES string of the molecule is CC(=O)N(C)Cc1ccccc1NC(=O)c1oc2c(C)cccc2c1C. The first-order chi connectivity index (χ1) is 12.4. The van der Waals surface area contributed by atoms with Crippen LogP contribution in [0.25, 0.3) is 11.0 Å². The molecule has 0 aliphatic carbocycles. The summed E-state index contributed by atoms with van der Waals surface area (Å²) in [6.45, 7) is 5.78. The molecule has 3 aromatic rings. The fourth-order valence-corrected chi connectivity index (χ4v) is 2.93. The van der Waals surface area contributed by atoms with Crippen molar-refractivity contribution in [2.24, 2.45) is 0 Å². The molecule has 0 aliphatic heterocycles. The van der Waals surface area contributed by atoms with Crippen molar-refractivity contribution in [3.63, 3.8) is 0 Å². The molecule has 0 radical (unpaired) electrons. The second-order valence-electron chi connectivity index (χ2n) is 6.49. The maximum Gasteiger partial charge on any atom is 0.291 e.